The maximum atomic E-state index is 14.3. The second kappa shape index (κ2) is 18.3. The standard InChI is InChI=1S/C31H43F2NO5/c1-4-7-8-9-10-11-12-19-34(22-25-15-16-26(32)21-28(25)33)30(35)23-39-27-17-13-24(14-18-27)20-29(37-5-2)31(36)38-6-3/h13-18,21,29H,4-12,19-20,22-23H2,1-3H3/t29-/m0/s1. The summed E-state index contributed by atoms with van der Waals surface area (Å²) in [4.78, 5) is 26.7. The van der Waals surface area contributed by atoms with Gasteiger partial charge in [-0.1, -0.05) is 63.6 Å². The topological polar surface area (TPSA) is 65.1 Å². The molecule has 0 bridgehead atoms. The van der Waals surface area contributed by atoms with Crippen LogP contribution in [-0.4, -0.2) is 49.2 Å². The first-order chi connectivity index (χ1) is 18.9. The fraction of sp³-hybridized carbons (Fsp3) is 0.548. The van der Waals surface area contributed by atoms with Gasteiger partial charge in [0.1, 0.15) is 17.4 Å². The number of benzene rings is 2. The van der Waals surface area contributed by atoms with Crippen molar-refractivity contribution in [3.8, 4) is 5.75 Å². The summed E-state index contributed by atoms with van der Waals surface area (Å²) in [6, 6.07) is 10.5. The monoisotopic (exact) mass is 547 g/mol. The minimum atomic E-state index is -0.685. The third kappa shape index (κ3) is 12.2. The van der Waals surface area contributed by atoms with Gasteiger partial charge in [0.2, 0.25) is 0 Å². The number of carbonyl (C=O) groups excluding carboxylic acids is 2. The predicted octanol–water partition coefficient (Wildman–Crippen LogP) is 6.63. The second-order valence-electron chi connectivity index (χ2n) is 9.51. The number of amides is 1. The molecule has 8 heteroatoms. The molecule has 0 aromatic heterocycles. The highest BCUT2D eigenvalue weighted by atomic mass is 19.1. The van der Waals surface area contributed by atoms with Crippen LogP contribution in [0.15, 0.2) is 42.5 Å². The molecular weight excluding hydrogens is 504 g/mol. The highest BCUT2D eigenvalue weighted by Gasteiger charge is 2.21. The number of hydrogen-bond acceptors (Lipinski definition) is 5. The van der Waals surface area contributed by atoms with Crippen molar-refractivity contribution >= 4 is 11.9 Å². The van der Waals surface area contributed by atoms with Crippen molar-refractivity contribution in [1.82, 2.24) is 4.90 Å². The van der Waals surface area contributed by atoms with Crippen molar-refractivity contribution in [1.29, 1.82) is 0 Å². The highest BCUT2D eigenvalue weighted by molar-refractivity contribution is 5.77. The Morgan fingerprint density at radius 1 is 0.872 bits per heavy atom. The molecule has 0 aliphatic carbocycles. The lowest BCUT2D eigenvalue weighted by Crippen LogP contribution is -2.35. The summed E-state index contributed by atoms with van der Waals surface area (Å²) in [6.45, 7) is 6.74. The third-order valence-electron chi connectivity index (χ3n) is 6.38. The van der Waals surface area contributed by atoms with E-state index >= 15 is 0 Å². The van der Waals surface area contributed by atoms with E-state index in [2.05, 4.69) is 6.92 Å². The van der Waals surface area contributed by atoms with Crippen LogP contribution in [0, 0.1) is 11.6 Å². The van der Waals surface area contributed by atoms with E-state index in [9.17, 15) is 18.4 Å². The molecule has 216 valence electrons. The van der Waals surface area contributed by atoms with Gasteiger partial charge in [-0.15, -0.1) is 0 Å². The van der Waals surface area contributed by atoms with E-state index in [0.717, 1.165) is 30.9 Å². The van der Waals surface area contributed by atoms with Crippen LogP contribution in [0.1, 0.15) is 76.8 Å². The first-order valence-corrected chi connectivity index (χ1v) is 14.1. The van der Waals surface area contributed by atoms with Gasteiger partial charge in [0.25, 0.3) is 5.91 Å². The van der Waals surface area contributed by atoms with Gasteiger partial charge in [-0.25, -0.2) is 13.6 Å². The lowest BCUT2D eigenvalue weighted by atomic mass is 10.1. The minimum absolute atomic E-state index is 0.0513. The summed E-state index contributed by atoms with van der Waals surface area (Å²) < 4.78 is 44.0. The molecule has 0 aliphatic heterocycles. The average Bonchev–Trinajstić information content (AvgIpc) is 2.92. The van der Waals surface area contributed by atoms with Gasteiger partial charge in [0, 0.05) is 37.7 Å². The number of hydrogen-bond donors (Lipinski definition) is 0. The van der Waals surface area contributed by atoms with Gasteiger partial charge in [0.15, 0.2) is 12.7 Å². The van der Waals surface area contributed by atoms with E-state index in [4.69, 9.17) is 14.2 Å². The van der Waals surface area contributed by atoms with Crippen LogP contribution < -0.4 is 4.74 Å². The van der Waals surface area contributed by atoms with E-state index in [1.165, 1.54) is 37.8 Å². The Labute approximate surface area is 231 Å². The molecule has 0 heterocycles. The molecule has 2 aromatic rings. The van der Waals surface area contributed by atoms with Gasteiger partial charge < -0.3 is 19.1 Å². The summed E-state index contributed by atoms with van der Waals surface area (Å²) in [5.41, 5.74) is 1.13. The third-order valence-corrected chi connectivity index (χ3v) is 6.38. The Morgan fingerprint density at radius 2 is 1.56 bits per heavy atom. The van der Waals surface area contributed by atoms with Crippen LogP contribution in [0.5, 0.6) is 5.75 Å². The van der Waals surface area contributed by atoms with Gasteiger partial charge in [-0.05, 0) is 44.0 Å². The van der Waals surface area contributed by atoms with Crippen molar-refractivity contribution in [3.63, 3.8) is 0 Å². The molecule has 39 heavy (non-hydrogen) atoms. The van der Waals surface area contributed by atoms with Crippen LogP contribution in [0.2, 0.25) is 0 Å². The van der Waals surface area contributed by atoms with Crippen molar-refractivity contribution in [3.05, 3.63) is 65.2 Å². The van der Waals surface area contributed by atoms with Crippen molar-refractivity contribution in [2.24, 2.45) is 0 Å². The Balaban J connectivity index is 1.96. The number of rotatable bonds is 19. The molecule has 0 spiro atoms. The zero-order valence-corrected chi connectivity index (χ0v) is 23.6. The smallest absolute Gasteiger partial charge is 0.335 e. The van der Waals surface area contributed by atoms with Crippen LogP contribution in [0.4, 0.5) is 8.78 Å². The van der Waals surface area contributed by atoms with Crippen LogP contribution in [0.25, 0.3) is 0 Å². The van der Waals surface area contributed by atoms with Gasteiger partial charge in [-0.2, -0.15) is 0 Å². The first-order valence-electron chi connectivity index (χ1n) is 14.1. The largest absolute Gasteiger partial charge is 0.484 e. The van der Waals surface area contributed by atoms with E-state index in [0.29, 0.717) is 25.3 Å². The van der Waals surface area contributed by atoms with E-state index in [1.807, 2.05) is 19.1 Å². The number of carbonyl (C=O) groups is 2. The van der Waals surface area contributed by atoms with E-state index in [-0.39, 0.29) is 31.2 Å². The zero-order chi connectivity index (χ0) is 28.5. The number of halogens is 2. The predicted molar refractivity (Wildman–Crippen MR) is 147 cm³/mol. The molecule has 0 saturated carbocycles. The number of nitrogens with zero attached hydrogens (tertiary/aromatic N) is 1. The first kappa shape index (κ1) is 32.2. The Hall–Kier alpha value is -3.00. The van der Waals surface area contributed by atoms with Crippen LogP contribution in [-0.2, 0) is 32.0 Å². The summed E-state index contributed by atoms with van der Waals surface area (Å²) in [5.74, 6) is -1.49. The second-order valence-corrected chi connectivity index (χ2v) is 9.51. The quantitative estimate of drug-likeness (QED) is 0.146. The van der Waals surface area contributed by atoms with Crippen LogP contribution in [0.3, 0.4) is 0 Å². The molecule has 0 saturated heterocycles. The number of esters is 1. The molecule has 1 atom stereocenters. The fourth-order valence-electron chi connectivity index (χ4n) is 4.23. The number of ether oxygens (including phenoxy) is 3. The highest BCUT2D eigenvalue weighted by Crippen LogP contribution is 2.17. The summed E-state index contributed by atoms with van der Waals surface area (Å²) in [6.07, 6.45) is 7.35. The minimum Gasteiger partial charge on any atom is -0.484 e. The maximum Gasteiger partial charge on any atom is 0.335 e. The molecular formula is C31H43F2NO5. The lowest BCUT2D eigenvalue weighted by Gasteiger charge is -2.23. The Kier molecular flexibility index (Phi) is 15.1. The molecule has 0 fully saturated rings. The summed E-state index contributed by atoms with van der Waals surface area (Å²) in [7, 11) is 0. The normalized spacial score (nSPS) is 11.7. The molecule has 1 amide bonds. The van der Waals surface area contributed by atoms with E-state index in [1.54, 1.807) is 24.0 Å². The molecule has 2 rings (SSSR count). The zero-order valence-electron chi connectivity index (χ0n) is 23.6. The Morgan fingerprint density at radius 3 is 2.21 bits per heavy atom. The van der Waals surface area contributed by atoms with Gasteiger partial charge >= 0.3 is 5.97 Å². The Bertz CT molecular complexity index is 999. The lowest BCUT2D eigenvalue weighted by molar-refractivity contribution is -0.156. The maximum absolute atomic E-state index is 14.3. The summed E-state index contributed by atoms with van der Waals surface area (Å²) in [5, 5.41) is 0. The van der Waals surface area contributed by atoms with E-state index < -0.39 is 23.7 Å². The van der Waals surface area contributed by atoms with Crippen LogP contribution >= 0.6 is 0 Å². The van der Waals surface area contributed by atoms with Crippen molar-refractivity contribution < 1.29 is 32.6 Å². The molecule has 2 aromatic carbocycles. The molecule has 0 N–H and O–H groups in total. The molecule has 6 nitrogen and oxygen atoms in total. The average molecular weight is 548 g/mol. The number of unbranched alkanes of at least 4 members (excludes halogenated alkanes) is 6. The fourth-order valence-corrected chi connectivity index (χ4v) is 4.23. The van der Waals surface area contributed by atoms with Gasteiger partial charge in [0.05, 0.1) is 6.61 Å². The molecule has 0 radical (unpaired) electrons. The molecule has 0 aliphatic rings. The van der Waals surface area contributed by atoms with Gasteiger partial charge in [-0.3, -0.25) is 4.79 Å². The molecule has 0 unspecified atom stereocenters. The van der Waals surface area contributed by atoms with Crippen molar-refractivity contribution in [2.45, 2.75) is 84.8 Å². The summed E-state index contributed by atoms with van der Waals surface area (Å²) >= 11 is 0. The SMILES string of the molecule is CCCCCCCCCN(Cc1ccc(F)cc1F)C(=O)COc1ccc(C[C@H](OCC)C(=O)OCC)cc1. The van der Waals surface area contributed by atoms with Crippen molar-refractivity contribution in [2.75, 3.05) is 26.4 Å².